The lowest BCUT2D eigenvalue weighted by Gasteiger charge is -2.42. The Bertz CT molecular complexity index is 489. The lowest BCUT2D eigenvalue weighted by Crippen LogP contribution is -2.48. The van der Waals surface area contributed by atoms with Crippen molar-refractivity contribution in [3.63, 3.8) is 0 Å². The lowest BCUT2D eigenvalue weighted by molar-refractivity contribution is -0.102. The smallest absolute Gasteiger partial charge is 0.195 e. The summed E-state index contributed by atoms with van der Waals surface area (Å²) in [5.41, 5.74) is 0. The first-order chi connectivity index (χ1) is 11.5. The van der Waals surface area contributed by atoms with E-state index in [1.807, 2.05) is 6.08 Å². The molecular weight excluding hydrogens is 360 g/mol. The van der Waals surface area contributed by atoms with Gasteiger partial charge in [-0.05, 0) is 49.1 Å². The van der Waals surface area contributed by atoms with Crippen LogP contribution in [0.1, 0.15) is 54.4 Å². The van der Waals surface area contributed by atoms with Crippen molar-refractivity contribution in [1.82, 2.24) is 0 Å². The van der Waals surface area contributed by atoms with Crippen LogP contribution in [0.15, 0.2) is 12.2 Å². The van der Waals surface area contributed by atoms with E-state index in [1.165, 1.54) is 0 Å². The molecule has 26 heavy (non-hydrogen) atoms. The summed E-state index contributed by atoms with van der Waals surface area (Å²) in [5.74, 6) is -0.0997. The Balaban J connectivity index is 2.75. The van der Waals surface area contributed by atoms with Gasteiger partial charge in [0.1, 0.15) is 6.29 Å². The largest absolute Gasteiger partial charge is 0.392 e. The van der Waals surface area contributed by atoms with Crippen molar-refractivity contribution < 1.29 is 19.1 Å². The summed E-state index contributed by atoms with van der Waals surface area (Å²) in [5, 5.41) is 21.5. The molecule has 4 atom stereocenters. The molecule has 1 aliphatic carbocycles. The Hall–Kier alpha value is 0.0138. The Morgan fingerprint density at radius 1 is 0.846 bits per heavy atom. The molecule has 1 aliphatic rings. The molecule has 0 heterocycles. The zero-order valence-corrected chi connectivity index (χ0v) is 20.6. The summed E-state index contributed by atoms with van der Waals surface area (Å²) < 4.78 is 12.3. The van der Waals surface area contributed by atoms with Crippen molar-refractivity contribution in [3.8, 4) is 0 Å². The van der Waals surface area contributed by atoms with Gasteiger partial charge in [0.2, 0.25) is 0 Å². The van der Waals surface area contributed by atoms with Crippen LogP contribution in [0.4, 0.5) is 0 Å². The molecule has 4 nitrogen and oxygen atoms in total. The molecule has 0 fully saturated rings. The normalized spacial score (nSPS) is 25.2. The molecule has 154 valence electrons. The Morgan fingerprint density at radius 3 is 1.69 bits per heavy atom. The van der Waals surface area contributed by atoms with Crippen LogP contribution in [-0.2, 0) is 8.85 Å². The molecule has 0 aromatic carbocycles. The second-order valence-corrected chi connectivity index (χ2v) is 20.4. The Morgan fingerprint density at radius 2 is 1.27 bits per heavy atom. The van der Waals surface area contributed by atoms with Gasteiger partial charge in [0.15, 0.2) is 22.9 Å². The first-order valence-corrected chi connectivity index (χ1v) is 15.7. The van der Waals surface area contributed by atoms with Crippen LogP contribution in [0, 0.1) is 11.8 Å². The third kappa shape index (κ3) is 6.01. The van der Waals surface area contributed by atoms with Crippen LogP contribution in [0.5, 0.6) is 0 Å². The van der Waals surface area contributed by atoms with E-state index in [-0.39, 0.29) is 21.9 Å². The number of aliphatic hydroxyl groups is 2. The van der Waals surface area contributed by atoms with Crippen molar-refractivity contribution in [1.29, 1.82) is 0 Å². The minimum Gasteiger partial charge on any atom is -0.392 e. The predicted octanol–water partition coefficient (Wildman–Crippen LogP) is 5.25. The molecule has 0 amide bonds. The minimum atomic E-state index is -2.04. The molecule has 0 saturated heterocycles. The highest BCUT2D eigenvalue weighted by molar-refractivity contribution is 6.74. The van der Waals surface area contributed by atoms with E-state index < -0.39 is 29.2 Å². The van der Waals surface area contributed by atoms with Gasteiger partial charge in [0.05, 0.1) is 0 Å². The molecule has 0 aromatic heterocycles. The maximum atomic E-state index is 10.7. The quantitative estimate of drug-likeness (QED) is 0.362. The highest BCUT2D eigenvalue weighted by Gasteiger charge is 2.43. The van der Waals surface area contributed by atoms with Crippen LogP contribution in [0.3, 0.4) is 0 Å². The maximum absolute atomic E-state index is 10.7. The monoisotopic (exact) mass is 402 g/mol. The highest BCUT2D eigenvalue weighted by Crippen LogP contribution is 2.41. The van der Waals surface area contributed by atoms with Gasteiger partial charge in [0.25, 0.3) is 0 Å². The first-order valence-electron chi connectivity index (χ1n) is 9.86. The van der Waals surface area contributed by atoms with E-state index in [9.17, 15) is 10.2 Å². The molecule has 6 heteroatoms. The summed E-state index contributed by atoms with van der Waals surface area (Å²) in [6, 6.07) is 0. The third-order valence-corrected chi connectivity index (χ3v) is 15.5. The number of allylic oxidation sites excluding steroid dienone is 1. The fourth-order valence-electron chi connectivity index (χ4n) is 2.54. The molecule has 2 N–H and O–H groups in total. The molecule has 0 bridgehead atoms. The zero-order chi connectivity index (χ0) is 20.6. The molecule has 2 unspecified atom stereocenters. The van der Waals surface area contributed by atoms with E-state index >= 15 is 0 Å². The number of aliphatic hydroxyl groups excluding tert-OH is 2. The molecule has 0 spiro atoms. The van der Waals surface area contributed by atoms with Crippen LogP contribution in [0.2, 0.25) is 36.3 Å². The van der Waals surface area contributed by atoms with Gasteiger partial charge in [-0.1, -0.05) is 53.7 Å². The van der Waals surface area contributed by atoms with Crippen LogP contribution >= 0.6 is 0 Å². The van der Waals surface area contributed by atoms with E-state index in [0.29, 0.717) is 6.42 Å². The van der Waals surface area contributed by atoms with Crippen molar-refractivity contribution in [3.05, 3.63) is 12.2 Å². The average molecular weight is 403 g/mol. The van der Waals surface area contributed by atoms with Gasteiger partial charge in [-0.3, -0.25) is 0 Å². The predicted molar refractivity (Wildman–Crippen MR) is 114 cm³/mol. The third-order valence-electron chi connectivity index (χ3n) is 6.61. The van der Waals surface area contributed by atoms with Gasteiger partial charge < -0.3 is 19.1 Å². The molecule has 1 rings (SSSR count). The topological polar surface area (TPSA) is 58.9 Å². The van der Waals surface area contributed by atoms with E-state index in [0.717, 1.165) is 6.42 Å². The van der Waals surface area contributed by atoms with Crippen LogP contribution < -0.4 is 0 Å². The van der Waals surface area contributed by atoms with E-state index in [4.69, 9.17) is 8.85 Å². The molecule has 0 radical (unpaired) electrons. The second kappa shape index (κ2) is 8.17. The van der Waals surface area contributed by atoms with Crippen molar-refractivity contribution in [2.45, 2.75) is 103 Å². The lowest BCUT2D eigenvalue weighted by atomic mass is 9.86. The van der Waals surface area contributed by atoms with Gasteiger partial charge in [-0.15, -0.1) is 0 Å². The van der Waals surface area contributed by atoms with E-state index in [2.05, 4.69) is 73.8 Å². The van der Waals surface area contributed by atoms with Crippen LogP contribution in [-0.4, -0.2) is 39.4 Å². The van der Waals surface area contributed by atoms with Crippen LogP contribution in [0.25, 0.3) is 0 Å². The van der Waals surface area contributed by atoms with Crippen molar-refractivity contribution in [2.75, 3.05) is 0 Å². The summed E-state index contributed by atoms with van der Waals surface area (Å²) >= 11 is 0. The Labute approximate surface area is 163 Å². The van der Waals surface area contributed by atoms with Crippen molar-refractivity contribution in [2.24, 2.45) is 11.8 Å². The first kappa shape index (κ1) is 24.1. The van der Waals surface area contributed by atoms with Crippen molar-refractivity contribution >= 4 is 16.6 Å². The summed E-state index contributed by atoms with van der Waals surface area (Å²) in [6.45, 7) is 21.6. The standard InChI is InChI=1S/C20H42O4Si2/c1-19(2,3)25(7,8)23-17(21)15-12-11-13-16(14-15)18(22)24-26(9,10)20(4,5)6/h11-12,15-18,21-22H,13-14H2,1-10H3/t15-,16-,17?,18?/m1/s1. The fourth-order valence-corrected chi connectivity index (χ4v) is 4.82. The molecule has 0 saturated carbocycles. The van der Waals surface area contributed by atoms with Gasteiger partial charge >= 0.3 is 0 Å². The maximum Gasteiger partial charge on any atom is 0.195 e. The highest BCUT2D eigenvalue weighted by atomic mass is 28.4. The van der Waals surface area contributed by atoms with Gasteiger partial charge in [-0.2, -0.15) is 0 Å². The number of hydrogen-bond acceptors (Lipinski definition) is 4. The Kier molecular flexibility index (Phi) is 7.56. The number of hydrogen-bond donors (Lipinski definition) is 2. The molecule has 0 aliphatic heterocycles. The fraction of sp³-hybridized carbons (Fsp3) is 0.900. The average Bonchev–Trinajstić information content (AvgIpc) is 2.44. The summed E-state index contributed by atoms with van der Waals surface area (Å²) in [7, 11) is -4.06. The molecular formula is C20H42O4Si2. The SMILES string of the molecule is CC(C)(C)[Si](C)(C)OC(O)[C@@H]1CC=C[C@@H](C(O)O[Si](C)(C)C(C)(C)C)C1. The molecule has 0 aromatic rings. The summed E-state index contributed by atoms with van der Waals surface area (Å²) in [4.78, 5) is 0. The number of rotatable bonds is 6. The zero-order valence-electron chi connectivity index (χ0n) is 18.6. The minimum absolute atomic E-state index is 0.00297. The van der Waals surface area contributed by atoms with Gasteiger partial charge in [-0.25, -0.2) is 0 Å². The second-order valence-electron chi connectivity index (χ2n) is 10.9. The van der Waals surface area contributed by atoms with E-state index in [1.54, 1.807) is 0 Å². The van der Waals surface area contributed by atoms with Gasteiger partial charge in [0, 0.05) is 11.8 Å². The summed E-state index contributed by atoms with van der Waals surface area (Å²) in [6.07, 6.45) is 3.93.